The van der Waals surface area contributed by atoms with Crippen molar-refractivity contribution in [1.29, 1.82) is 0 Å². The van der Waals surface area contributed by atoms with Crippen molar-refractivity contribution >= 4 is 34.3 Å². The Hall–Kier alpha value is -2.75. The van der Waals surface area contributed by atoms with E-state index in [1.807, 2.05) is 48.7 Å². The smallest absolute Gasteiger partial charge is 0.210 e. The van der Waals surface area contributed by atoms with Gasteiger partial charge in [0.25, 0.3) is 0 Å². The summed E-state index contributed by atoms with van der Waals surface area (Å²) in [5, 5.41) is 1.45. The molecule has 29 heavy (non-hydrogen) atoms. The van der Waals surface area contributed by atoms with Gasteiger partial charge in [-0.15, -0.1) is 0 Å². The number of hydrogen-bond donors (Lipinski definition) is 0. The molecule has 1 aromatic heterocycles. The van der Waals surface area contributed by atoms with E-state index in [0.29, 0.717) is 10.9 Å². The van der Waals surface area contributed by atoms with E-state index in [-0.39, 0.29) is 0 Å². The minimum Gasteiger partial charge on any atom is -0.227 e. The second-order valence-electron chi connectivity index (χ2n) is 7.13. The largest absolute Gasteiger partial charge is 0.227 e. The minimum absolute atomic E-state index is 0.523. The van der Waals surface area contributed by atoms with E-state index in [1.165, 1.54) is 5.56 Å². The van der Waals surface area contributed by atoms with Gasteiger partial charge in [-0.05, 0) is 34.7 Å². The zero-order chi connectivity index (χ0) is 20.2. The van der Waals surface area contributed by atoms with Gasteiger partial charge in [0.05, 0.1) is 10.6 Å². The molecule has 0 unspecified atom stereocenters. The van der Waals surface area contributed by atoms with Crippen LogP contribution in [-0.4, -0.2) is 11.2 Å². The summed E-state index contributed by atoms with van der Waals surface area (Å²) in [5.74, 6) is 0.523. The quantitative estimate of drug-likeness (QED) is 0.302. The van der Waals surface area contributed by atoms with Crippen molar-refractivity contribution in [1.82, 2.24) is 4.98 Å². The highest BCUT2D eigenvalue weighted by Gasteiger charge is 2.14. The first-order chi connectivity index (χ1) is 14.1. The normalized spacial score (nSPS) is 11.4. The van der Waals surface area contributed by atoms with Crippen LogP contribution in [0.3, 0.4) is 0 Å². The Morgan fingerprint density at radius 3 is 2.21 bits per heavy atom. The van der Waals surface area contributed by atoms with E-state index >= 15 is 0 Å². The second-order valence-corrected chi connectivity index (χ2v) is 8.54. The van der Waals surface area contributed by atoms with Gasteiger partial charge in [0.2, 0.25) is 5.13 Å². The molecule has 4 aromatic rings. The lowest BCUT2D eigenvalue weighted by Gasteiger charge is -2.04. The number of hydrogen-bond acceptors (Lipinski definition) is 3. The van der Waals surface area contributed by atoms with Crippen molar-refractivity contribution in [2.24, 2.45) is 4.99 Å². The molecule has 0 aliphatic rings. The van der Waals surface area contributed by atoms with E-state index in [2.05, 4.69) is 55.2 Å². The maximum Gasteiger partial charge on any atom is 0.210 e. The number of rotatable bonds is 5. The fourth-order valence-corrected chi connectivity index (χ4v) is 4.11. The van der Waals surface area contributed by atoms with Crippen molar-refractivity contribution in [2.75, 3.05) is 0 Å². The van der Waals surface area contributed by atoms with Crippen molar-refractivity contribution in [3.05, 3.63) is 95.0 Å². The molecule has 3 aromatic carbocycles. The maximum absolute atomic E-state index is 6.07. The molecule has 0 atom stereocenters. The average molecular weight is 417 g/mol. The van der Waals surface area contributed by atoms with Gasteiger partial charge in [-0.1, -0.05) is 104 Å². The van der Waals surface area contributed by atoms with Crippen molar-refractivity contribution < 1.29 is 0 Å². The summed E-state index contributed by atoms with van der Waals surface area (Å²) in [6.07, 6.45) is 1.88. The molecule has 0 fully saturated rings. The van der Waals surface area contributed by atoms with Crippen LogP contribution in [0.5, 0.6) is 0 Å². The van der Waals surface area contributed by atoms with Crippen molar-refractivity contribution in [2.45, 2.75) is 19.8 Å². The lowest BCUT2D eigenvalue weighted by molar-refractivity contribution is 0.866. The summed E-state index contributed by atoms with van der Waals surface area (Å²) in [4.78, 5) is 10.6. The number of aromatic nitrogens is 1. The number of aliphatic imine (C=N–C) groups is 1. The number of benzene rings is 3. The predicted molar refractivity (Wildman–Crippen MR) is 126 cm³/mol. The Morgan fingerprint density at radius 1 is 0.862 bits per heavy atom. The predicted octanol–water partition coefficient (Wildman–Crippen LogP) is 8.00. The number of nitrogens with zero attached hydrogens (tertiary/aromatic N) is 2. The van der Waals surface area contributed by atoms with Crippen LogP contribution in [0, 0.1) is 0 Å². The third-order valence-corrected chi connectivity index (χ3v) is 5.96. The molecule has 4 rings (SSSR count). The number of thiazole rings is 1. The van der Waals surface area contributed by atoms with Crippen LogP contribution in [0.25, 0.3) is 21.7 Å². The third kappa shape index (κ3) is 4.64. The van der Waals surface area contributed by atoms with Crippen LogP contribution in [0.1, 0.15) is 30.9 Å². The molecule has 0 radical (unpaired) electrons. The van der Waals surface area contributed by atoms with E-state index in [9.17, 15) is 0 Å². The molecular formula is C25H21ClN2S. The minimum atomic E-state index is 0.523. The van der Waals surface area contributed by atoms with Gasteiger partial charge >= 0.3 is 0 Å². The Morgan fingerprint density at radius 2 is 1.55 bits per heavy atom. The lowest BCUT2D eigenvalue weighted by Crippen LogP contribution is -1.87. The van der Waals surface area contributed by atoms with Crippen LogP contribution in [0.15, 0.2) is 83.9 Å². The molecule has 4 heteroatoms. The summed E-state index contributed by atoms with van der Waals surface area (Å²) in [5.41, 5.74) is 5.50. The second kappa shape index (κ2) is 8.73. The summed E-state index contributed by atoms with van der Waals surface area (Å²) in [7, 11) is 0. The van der Waals surface area contributed by atoms with Crippen LogP contribution >= 0.6 is 22.9 Å². The molecule has 144 valence electrons. The Labute approximate surface area is 180 Å². The Bertz CT molecular complexity index is 1110. The fourth-order valence-electron chi connectivity index (χ4n) is 3.05. The van der Waals surface area contributed by atoms with Gasteiger partial charge in [0.1, 0.15) is 0 Å². The highest BCUT2D eigenvalue weighted by atomic mass is 35.5. The van der Waals surface area contributed by atoms with Crippen molar-refractivity contribution in [3.63, 3.8) is 0 Å². The Balaban J connectivity index is 1.70. The molecule has 1 heterocycles. The first-order valence-corrected chi connectivity index (χ1v) is 10.8. The average Bonchev–Trinajstić information content (AvgIpc) is 3.18. The van der Waals surface area contributed by atoms with Gasteiger partial charge in [0, 0.05) is 16.8 Å². The third-order valence-electron chi connectivity index (χ3n) is 4.70. The highest BCUT2D eigenvalue weighted by molar-refractivity contribution is 7.19. The van der Waals surface area contributed by atoms with Crippen LogP contribution < -0.4 is 0 Å². The lowest BCUT2D eigenvalue weighted by atomic mass is 10.0. The van der Waals surface area contributed by atoms with Gasteiger partial charge in [-0.2, -0.15) is 0 Å². The molecule has 0 saturated heterocycles. The van der Waals surface area contributed by atoms with Crippen LogP contribution in [0.4, 0.5) is 5.13 Å². The van der Waals surface area contributed by atoms with E-state index in [1.54, 1.807) is 11.3 Å². The van der Waals surface area contributed by atoms with Crippen LogP contribution in [0.2, 0.25) is 5.02 Å². The first kappa shape index (κ1) is 19.6. The molecule has 0 aliphatic heterocycles. The SMILES string of the molecule is CC(C)c1ccc(C=Nc2nc(-c3ccc(Cl)cc3)c(-c3ccccc3)s2)cc1. The topological polar surface area (TPSA) is 25.2 Å². The molecule has 0 amide bonds. The zero-order valence-corrected chi connectivity index (χ0v) is 17.9. The van der Waals surface area contributed by atoms with Gasteiger partial charge in [0.15, 0.2) is 0 Å². The van der Waals surface area contributed by atoms with Crippen LogP contribution in [-0.2, 0) is 0 Å². The first-order valence-electron chi connectivity index (χ1n) is 9.56. The van der Waals surface area contributed by atoms with Gasteiger partial charge in [-0.25, -0.2) is 9.98 Å². The molecule has 2 nitrogen and oxygen atoms in total. The zero-order valence-electron chi connectivity index (χ0n) is 16.3. The van der Waals surface area contributed by atoms with E-state index < -0.39 is 0 Å². The fraction of sp³-hybridized carbons (Fsp3) is 0.120. The summed E-state index contributed by atoms with van der Waals surface area (Å²) in [6, 6.07) is 26.6. The van der Waals surface area contributed by atoms with E-state index in [4.69, 9.17) is 16.6 Å². The summed E-state index contributed by atoms with van der Waals surface area (Å²) >= 11 is 7.66. The standard InChI is InChI=1S/C25H21ClN2S/c1-17(2)19-10-8-18(9-11-19)16-27-25-28-23(20-12-14-22(26)15-13-20)24(29-25)21-6-4-3-5-7-21/h3-17H,1-2H3. The van der Waals surface area contributed by atoms with Gasteiger partial charge < -0.3 is 0 Å². The molecule has 0 spiro atoms. The monoisotopic (exact) mass is 416 g/mol. The molecule has 0 saturated carbocycles. The molecular weight excluding hydrogens is 396 g/mol. The van der Waals surface area contributed by atoms with Crippen molar-refractivity contribution in [3.8, 4) is 21.7 Å². The number of halogens is 1. The summed E-state index contributed by atoms with van der Waals surface area (Å²) < 4.78 is 0. The van der Waals surface area contributed by atoms with E-state index in [0.717, 1.165) is 32.4 Å². The summed E-state index contributed by atoms with van der Waals surface area (Å²) in [6.45, 7) is 4.39. The molecule has 0 aliphatic carbocycles. The Kier molecular flexibility index (Phi) is 5.89. The molecule has 0 N–H and O–H groups in total. The van der Waals surface area contributed by atoms with Gasteiger partial charge in [-0.3, -0.25) is 0 Å². The highest BCUT2D eigenvalue weighted by Crippen LogP contribution is 2.40. The maximum atomic E-state index is 6.07. The molecule has 0 bridgehead atoms.